The fourth-order valence-electron chi connectivity index (χ4n) is 2.54. The Morgan fingerprint density at radius 2 is 2.38 bits per heavy atom. The lowest BCUT2D eigenvalue weighted by Gasteiger charge is -2.28. The summed E-state index contributed by atoms with van der Waals surface area (Å²) in [5.74, 6) is 0. The third-order valence-corrected chi connectivity index (χ3v) is 5.34. The average Bonchev–Trinajstić information content (AvgIpc) is 2.86. The van der Waals surface area contributed by atoms with E-state index in [0.717, 1.165) is 17.8 Å². The Balaban J connectivity index is 1.94. The van der Waals surface area contributed by atoms with Gasteiger partial charge in [-0.3, -0.25) is 4.90 Å². The maximum absolute atomic E-state index is 4.54. The van der Waals surface area contributed by atoms with Gasteiger partial charge >= 0.3 is 0 Å². The Morgan fingerprint density at radius 1 is 1.56 bits per heavy atom. The summed E-state index contributed by atoms with van der Waals surface area (Å²) in [7, 11) is 2.24. The fraction of sp³-hybridized carbons (Fsp3) is 0.750. The van der Waals surface area contributed by atoms with E-state index >= 15 is 0 Å². The second kappa shape index (κ2) is 5.52. The molecule has 0 amide bonds. The van der Waals surface area contributed by atoms with Crippen molar-refractivity contribution in [1.82, 2.24) is 9.88 Å². The van der Waals surface area contributed by atoms with Gasteiger partial charge in [-0.25, -0.2) is 4.98 Å². The first kappa shape index (κ1) is 12.4. The molecule has 1 saturated carbocycles. The van der Waals surface area contributed by atoms with Gasteiger partial charge in [-0.05, 0) is 33.1 Å². The Bertz CT molecular complexity index is 338. The van der Waals surface area contributed by atoms with Crippen LogP contribution in [0.25, 0.3) is 0 Å². The average molecular weight is 256 g/mol. The molecule has 16 heavy (non-hydrogen) atoms. The maximum atomic E-state index is 4.54. The minimum absolute atomic E-state index is 0.747. The Morgan fingerprint density at radius 3 is 3.00 bits per heavy atom. The Labute approximate surface area is 106 Å². The summed E-state index contributed by atoms with van der Waals surface area (Å²) in [6, 6.07) is 0.747. The topological polar surface area (TPSA) is 16.1 Å². The number of thioether (sulfide) groups is 1. The van der Waals surface area contributed by atoms with Crippen molar-refractivity contribution >= 4 is 23.1 Å². The summed E-state index contributed by atoms with van der Waals surface area (Å²) in [5, 5.41) is 4.19. The van der Waals surface area contributed by atoms with Crippen molar-refractivity contribution in [3.8, 4) is 0 Å². The van der Waals surface area contributed by atoms with Crippen LogP contribution in [0.15, 0.2) is 5.38 Å². The summed E-state index contributed by atoms with van der Waals surface area (Å²) in [4.78, 5) is 7.03. The fourth-order valence-corrected chi connectivity index (χ4v) is 4.20. The van der Waals surface area contributed by atoms with E-state index in [0.29, 0.717) is 0 Å². The van der Waals surface area contributed by atoms with Gasteiger partial charge in [0.2, 0.25) is 0 Å². The minimum Gasteiger partial charge on any atom is -0.296 e. The highest BCUT2D eigenvalue weighted by atomic mass is 32.2. The largest absolute Gasteiger partial charge is 0.296 e. The molecule has 1 fully saturated rings. The summed E-state index contributed by atoms with van der Waals surface area (Å²) < 4.78 is 0. The van der Waals surface area contributed by atoms with Crippen molar-refractivity contribution in [2.45, 2.75) is 44.0 Å². The van der Waals surface area contributed by atoms with Crippen molar-refractivity contribution in [2.75, 3.05) is 13.3 Å². The van der Waals surface area contributed by atoms with Gasteiger partial charge in [0, 0.05) is 23.2 Å². The zero-order valence-electron chi connectivity index (χ0n) is 10.3. The van der Waals surface area contributed by atoms with Gasteiger partial charge in [-0.15, -0.1) is 11.3 Å². The predicted molar refractivity (Wildman–Crippen MR) is 73.3 cm³/mol. The molecule has 1 aromatic heterocycles. The third-order valence-electron chi connectivity index (χ3n) is 3.36. The van der Waals surface area contributed by atoms with E-state index in [1.54, 1.807) is 11.3 Å². The van der Waals surface area contributed by atoms with Crippen LogP contribution in [0.4, 0.5) is 0 Å². The number of aryl methyl sites for hydroxylation is 1. The normalized spacial score (nSPS) is 25.5. The standard InChI is InChI=1S/C12H20N2S2/c1-9-13-10(8-16-9)7-14(2)11-5-4-6-12(11)15-3/h8,11-12H,4-7H2,1-3H3/t11-,12-/m1/s1. The Kier molecular flexibility index (Phi) is 4.27. The molecule has 1 aliphatic rings. The second-order valence-electron chi connectivity index (χ2n) is 4.55. The molecule has 4 heteroatoms. The van der Waals surface area contributed by atoms with Gasteiger partial charge in [0.1, 0.15) is 0 Å². The molecule has 0 saturated heterocycles. The lowest BCUT2D eigenvalue weighted by atomic mass is 10.2. The van der Waals surface area contributed by atoms with Gasteiger partial charge in [-0.1, -0.05) is 6.42 Å². The highest BCUT2D eigenvalue weighted by Crippen LogP contribution is 2.32. The first-order valence-electron chi connectivity index (χ1n) is 5.84. The molecule has 90 valence electrons. The number of rotatable bonds is 4. The van der Waals surface area contributed by atoms with Crippen molar-refractivity contribution in [1.29, 1.82) is 0 Å². The molecule has 0 aliphatic heterocycles. The van der Waals surface area contributed by atoms with Gasteiger partial charge in [0.15, 0.2) is 0 Å². The van der Waals surface area contributed by atoms with Crippen LogP contribution in [0.3, 0.4) is 0 Å². The molecule has 2 nitrogen and oxygen atoms in total. The molecular formula is C12H20N2S2. The van der Waals surface area contributed by atoms with Crippen molar-refractivity contribution in [3.05, 3.63) is 16.1 Å². The highest BCUT2D eigenvalue weighted by Gasteiger charge is 2.29. The van der Waals surface area contributed by atoms with Gasteiger partial charge < -0.3 is 0 Å². The van der Waals surface area contributed by atoms with E-state index in [4.69, 9.17) is 0 Å². The molecule has 0 radical (unpaired) electrons. The molecule has 0 aromatic carbocycles. The number of hydrogen-bond acceptors (Lipinski definition) is 4. The van der Waals surface area contributed by atoms with Crippen LogP contribution in [0.5, 0.6) is 0 Å². The molecule has 0 spiro atoms. The number of hydrogen-bond donors (Lipinski definition) is 0. The van der Waals surface area contributed by atoms with Crippen LogP contribution in [0.2, 0.25) is 0 Å². The second-order valence-corrected chi connectivity index (χ2v) is 6.68. The summed E-state index contributed by atoms with van der Waals surface area (Å²) in [6.07, 6.45) is 6.36. The zero-order valence-corrected chi connectivity index (χ0v) is 11.9. The first-order chi connectivity index (χ1) is 7.70. The van der Waals surface area contributed by atoms with Crippen LogP contribution >= 0.6 is 23.1 Å². The minimum atomic E-state index is 0.747. The van der Waals surface area contributed by atoms with Crippen molar-refractivity contribution in [3.63, 3.8) is 0 Å². The smallest absolute Gasteiger partial charge is 0.0897 e. The molecular weight excluding hydrogens is 236 g/mol. The van der Waals surface area contributed by atoms with Crippen molar-refractivity contribution < 1.29 is 0 Å². The number of aromatic nitrogens is 1. The van der Waals surface area contributed by atoms with Crippen molar-refractivity contribution in [2.24, 2.45) is 0 Å². The van der Waals surface area contributed by atoms with E-state index in [1.807, 2.05) is 11.8 Å². The molecule has 0 bridgehead atoms. The summed E-state index contributed by atoms with van der Waals surface area (Å²) >= 11 is 3.78. The van der Waals surface area contributed by atoms with Crippen LogP contribution in [-0.4, -0.2) is 34.5 Å². The maximum Gasteiger partial charge on any atom is 0.0897 e. The monoisotopic (exact) mass is 256 g/mol. The van der Waals surface area contributed by atoms with Gasteiger partial charge in [-0.2, -0.15) is 11.8 Å². The Hall–Kier alpha value is -0.0600. The quantitative estimate of drug-likeness (QED) is 0.823. The SMILES string of the molecule is CS[C@@H]1CCC[C@H]1N(C)Cc1csc(C)n1. The predicted octanol–water partition coefficient (Wildman–Crippen LogP) is 3.17. The van der Waals surface area contributed by atoms with Crippen LogP contribution in [0.1, 0.15) is 30.0 Å². The van der Waals surface area contributed by atoms with Crippen LogP contribution < -0.4 is 0 Å². The summed E-state index contributed by atoms with van der Waals surface area (Å²) in [6.45, 7) is 3.08. The van der Waals surface area contributed by atoms with E-state index in [-0.39, 0.29) is 0 Å². The zero-order chi connectivity index (χ0) is 11.5. The number of thiazole rings is 1. The van der Waals surface area contributed by atoms with Gasteiger partial charge in [0.25, 0.3) is 0 Å². The van der Waals surface area contributed by atoms with E-state index in [1.165, 1.54) is 30.0 Å². The lowest BCUT2D eigenvalue weighted by Crippen LogP contribution is -2.35. The summed E-state index contributed by atoms with van der Waals surface area (Å²) in [5.41, 5.74) is 1.23. The molecule has 1 heterocycles. The van der Waals surface area contributed by atoms with E-state index in [9.17, 15) is 0 Å². The third kappa shape index (κ3) is 2.79. The molecule has 2 atom stereocenters. The van der Waals surface area contributed by atoms with Crippen LogP contribution in [0, 0.1) is 6.92 Å². The number of nitrogens with zero attached hydrogens (tertiary/aromatic N) is 2. The highest BCUT2D eigenvalue weighted by molar-refractivity contribution is 7.99. The van der Waals surface area contributed by atoms with E-state index < -0.39 is 0 Å². The van der Waals surface area contributed by atoms with Gasteiger partial charge in [0.05, 0.1) is 10.7 Å². The molecule has 2 rings (SSSR count). The lowest BCUT2D eigenvalue weighted by molar-refractivity contribution is 0.239. The molecule has 1 aliphatic carbocycles. The molecule has 0 N–H and O–H groups in total. The molecule has 1 aromatic rings. The first-order valence-corrected chi connectivity index (χ1v) is 8.01. The van der Waals surface area contributed by atoms with E-state index in [2.05, 4.69) is 35.5 Å². The van der Waals surface area contributed by atoms with Crippen LogP contribution in [-0.2, 0) is 6.54 Å². The molecule has 0 unspecified atom stereocenters.